The second-order valence-electron chi connectivity index (χ2n) is 9.89. The van der Waals surface area contributed by atoms with Crippen LogP contribution < -0.4 is 10.2 Å². The van der Waals surface area contributed by atoms with Crippen molar-refractivity contribution in [1.29, 1.82) is 0 Å². The molecule has 40 heavy (non-hydrogen) atoms. The van der Waals surface area contributed by atoms with Crippen LogP contribution in [0.1, 0.15) is 11.1 Å². The van der Waals surface area contributed by atoms with Crippen LogP contribution in [-0.2, 0) is 23.4 Å². The zero-order valence-corrected chi connectivity index (χ0v) is 21.7. The summed E-state index contributed by atoms with van der Waals surface area (Å²) in [5, 5.41) is 18.4. The third kappa shape index (κ3) is 6.49. The minimum Gasteiger partial charge on any atom is -0.382 e. The van der Waals surface area contributed by atoms with Crippen molar-refractivity contribution in [2.75, 3.05) is 42.9 Å². The number of β-amino-alcohol motifs (C(OH)–C–C–N with tert-alkyl or cyclic N) is 1. The van der Waals surface area contributed by atoms with Crippen molar-refractivity contribution in [3.05, 3.63) is 108 Å². The number of rotatable bonds is 9. The lowest BCUT2D eigenvalue weighted by molar-refractivity contribution is -0.115. The van der Waals surface area contributed by atoms with E-state index in [1.54, 1.807) is 12.1 Å². The summed E-state index contributed by atoms with van der Waals surface area (Å²) in [6.45, 7) is 1.83. The van der Waals surface area contributed by atoms with Crippen LogP contribution in [0, 0.1) is 17.5 Å². The summed E-state index contributed by atoms with van der Waals surface area (Å²) in [7, 11) is 0. The third-order valence-electron chi connectivity index (χ3n) is 6.96. The van der Waals surface area contributed by atoms with Crippen LogP contribution in [0.4, 0.5) is 24.5 Å². The van der Waals surface area contributed by atoms with Gasteiger partial charge < -0.3 is 15.3 Å². The molecule has 1 aromatic heterocycles. The van der Waals surface area contributed by atoms with E-state index in [-0.39, 0.29) is 31.0 Å². The average Bonchev–Trinajstić information content (AvgIpc) is 3.42. The molecule has 1 aliphatic heterocycles. The van der Waals surface area contributed by atoms with Gasteiger partial charge in [-0.15, -0.1) is 0 Å². The molecule has 0 bridgehead atoms. The first-order chi connectivity index (χ1) is 19.3. The number of nitrogens with zero attached hydrogens (tertiary/aromatic N) is 5. The maximum Gasteiger partial charge on any atom is 0.228 e. The number of carbonyl (C=O) groups is 1. The molecule has 8 nitrogen and oxygen atoms in total. The Morgan fingerprint density at radius 2 is 1.70 bits per heavy atom. The molecule has 0 saturated carbocycles. The van der Waals surface area contributed by atoms with Gasteiger partial charge in [-0.3, -0.25) is 9.69 Å². The fourth-order valence-electron chi connectivity index (χ4n) is 5.01. The highest BCUT2D eigenvalue weighted by Gasteiger charge is 2.36. The van der Waals surface area contributed by atoms with Gasteiger partial charge in [0.2, 0.25) is 5.91 Å². The number of nitrogens with one attached hydrogen (secondary N) is 1. The summed E-state index contributed by atoms with van der Waals surface area (Å²) in [6.07, 6.45) is 2.92. The van der Waals surface area contributed by atoms with Crippen LogP contribution in [0.3, 0.4) is 0 Å². The molecule has 1 unspecified atom stereocenters. The lowest BCUT2D eigenvalue weighted by Crippen LogP contribution is -2.52. The van der Waals surface area contributed by atoms with Crippen molar-refractivity contribution in [3.63, 3.8) is 0 Å². The van der Waals surface area contributed by atoms with Gasteiger partial charge in [0.1, 0.15) is 35.7 Å². The number of hydrogen-bond acceptors (Lipinski definition) is 6. The van der Waals surface area contributed by atoms with E-state index in [4.69, 9.17) is 0 Å². The first-order valence-electron chi connectivity index (χ1n) is 12.9. The smallest absolute Gasteiger partial charge is 0.228 e. The molecule has 5 rings (SSSR count). The van der Waals surface area contributed by atoms with Crippen molar-refractivity contribution in [2.45, 2.75) is 18.6 Å². The number of amides is 1. The molecule has 11 heteroatoms. The number of aromatic nitrogens is 3. The van der Waals surface area contributed by atoms with E-state index in [9.17, 15) is 18.7 Å². The molecule has 1 amide bonds. The number of piperazine rings is 1. The molecule has 1 fully saturated rings. The normalized spacial score (nSPS) is 15.6. The molecular formula is C29H29F3N6O2. The van der Waals surface area contributed by atoms with Gasteiger partial charge in [0.05, 0.1) is 18.7 Å². The largest absolute Gasteiger partial charge is 0.382 e. The van der Waals surface area contributed by atoms with Gasteiger partial charge >= 0.3 is 0 Å². The second kappa shape index (κ2) is 11.9. The summed E-state index contributed by atoms with van der Waals surface area (Å²) >= 11 is 0. The van der Waals surface area contributed by atoms with Crippen LogP contribution in [-0.4, -0.2) is 63.4 Å². The van der Waals surface area contributed by atoms with Gasteiger partial charge in [0.25, 0.3) is 0 Å². The molecule has 4 aromatic rings. The number of aliphatic hydroxyl groups is 1. The van der Waals surface area contributed by atoms with Gasteiger partial charge in [-0.2, -0.15) is 5.10 Å². The molecule has 3 aromatic carbocycles. The van der Waals surface area contributed by atoms with Crippen molar-refractivity contribution < 1.29 is 23.1 Å². The van der Waals surface area contributed by atoms with E-state index in [1.807, 2.05) is 40.1 Å². The van der Waals surface area contributed by atoms with E-state index in [0.29, 0.717) is 37.6 Å². The lowest BCUT2D eigenvalue weighted by atomic mass is 9.92. The maximum absolute atomic E-state index is 15.1. The molecule has 1 atom stereocenters. The van der Waals surface area contributed by atoms with Crippen LogP contribution in [0.25, 0.3) is 0 Å². The molecule has 0 aliphatic carbocycles. The Hall–Kier alpha value is -4.22. The fourth-order valence-corrected chi connectivity index (χ4v) is 5.01. The number of hydrogen-bond donors (Lipinski definition) is 2. The topological polar surface area (TPSA) is 86.5 Å². The lowest BCUT2D eigenvalue weighted by Gasteiger charge is -2.40. The highest BCUT2D eigenvalue weighted by atomic mass is 19.1. The number of anilines is 2. The predicted octanol–water partition coefficient (Wildman–Crippen LogP) is 3.59. The van der Waals surface area contributed by atoms with Crippen molar-refractivity contribution in [3.8, 4) is 0 Å². The number of carbonyl (C=O) groups excluding carboxylic acids is 1. The fraction of sp³-hybridized carbons (Fsp3) is 0.276. The third-order valence-corrected chi connectivity index (χ3v) is 6.96. The van der Waals surface area contributed by atoms with Gasteiger partial charge in [0.15, 0.2) is 0 Å². The SMILES string of the molecule is O=C(Cc1ccccc1)Nc1ccc(N2CCN(CC(O)(Cn3cncn3)c3ccc(F)cc3F)CC2)c(F)c1. The van der Waals surface area contributed by atoms with Gasteiger partial charge in [-0.25, -0.2) is 22.8 Å². The Bertz CT molecular complexity index is 1450. The van der Waals surface area contributed by atoms with Crippen molar-refractivity contribution in [1.82, 2.24) is 19.7 Å². The van der Waals surface area contributed by atoms with Crippen molar-refractivity contribution in [2.24, 2.45) is 0 Å². The first-order valence-corrected chi connectivity index (χ1v) is 12.9. The van der Waals surface area contributed by atoms with Crippen LogP contribution in [0.15, 0.2) is 79.4 Å². The Morgan fingerprint density at radius 3 is 2.38 bits per heavy atom. The molecule has 1 saturated heterocycles. The summed E-state index contributed by atoms with van der Waals surface area (Å²) in [5.41, 5.74) is -0.102. The zero-order valence-electron chi connectivity index (χ0n) is 21.7. The van der Waals surface area contributed by atoms with E-state index < -0.39 is 23.1 Å². The quantitative estimate of drug-likeness (QED) is 0.331. The van der Waals surface area contributed by atoms with Gasteiger partial charge in [0, 0.05) is 50.0 Å². The van der Waals surface area contributed by atoms with Crippen molar-refractivity contribution >= 4 is 17.3 Å². The number of halogens is 3. The minimum atomic E-state index is -1.71. The van der Waals surface area contributed by atoms with E-state index in [1.165, 1.54) is 29.5 Å². The Labute approximate surface area is 229 Å². The monoisotopic (exact) mass is 550 g/mol. The molecular weight excluding hydrogens is 521 g/mol. The molecule has 208 valence electrons. The zero-order chi connectivity index (χ0) is 28.1. The first kappa shape index (κ1) is 27.4. The van der Waals surface area contributed by atoms with E-state index in [2.05, 4.69) is 15.4 Å². The average molecular weight is 551 g/mol. The Kier molecular flexibility index (Phi) is 8.13. The van der Waals surface area contributed by atoms with Gasteiger partial charge in [-0.05, 0) is 29.8 Å². The number of benzene rings is 3. The Morgan fingerprint density at radius 1 is 0.925 bits per heavy atom. The summed E-state index contributed by atoms with van der Waals surface area (Å²) < 4.78 is 44.8. The predicted molar refractivity (Wildman–Crippen MR) is 144 cm³/mol. The van der Waals surface area contributed by atoms with Crippen LogP contribution in [0.5, 0.6) is 0 Å². The van der Waals surface area contributed by atoms with E-state index >= 15 is 4.39 Å². The maximum atomic E-state index is 15.1. The summed E-state index contributed by atoms with van der Waals surface area (Å²) in [6, 6.07) is 17.0. The minimum absolute atomic E-state index is 0.0391. The van der Waals surface area contributed by atoms with Gasteiger partial charge in [-0.1, -0.05) is 36.4 Å². The molecule has 0 radical (unpaired) electrons. The second-order valence-corrected chi connectivity index (χ2v) is 9.89. The molecule has 2 heterocycles. The summed E-state index contributed by atoms with van der Waals surface area (Å²) in [4.78, 5) is 20.1. The summed E-state index contributed by atoms with van der Waals surface area (Å²) in [5.74, 6) is -2.27. The highest BCUT2D eigenvalue weighted by Crippen LogP contribution is 2.29. The highest BCUT2D eigenvalue weighted by molar-refractivity contribution is 5.92. The molecule has 1 aliphatic rings. The van der Waals surface area contributed by atoms with Crippen LogP contribution >= 0.6 is 0 Å². The van der Waals surface area contributed by atoms with Crippen LogP contribution in [0.2, 0.25) is 0 Å². The standard InChI is InChI=1S/C29H29F3N6O2/c30-22-6-8-24(25(31)15-22)29(40,18-38-20-33-19-34-38)17-36-10-12-37(13-11-36)27-9-7-23(16-26(27)32)35-28(39)14-21-4-2-1-3-5-21/h1-9,15-16,19-20,40H,10-14,17-18H2,(H,35,39). The molecule has 0 spiro atoms. The molecule has 2 N–H and O–H groups in total. The Balaban J connectivity index is 1.22. The van der Waals surface area contributed by atoms with E-state index in [0.717, 1.165) is 17.7 Å².